The lowest BCUT2D eigenvalue weighted by molar-refractivity contribution is -0.141. The molecule has 0 bridgehead atoms. The summed E-state index contributed by atoms with van der Waals surface area (Å²) >= 11 is 0. The van der Waals surface area contributed by atoms with E-state index < -0.39 is 30.1 Å². The van der Waals surface area contributed by atoms with Crippen molar-refractivity contribution in [1.29, 1.82) is 0 Å². The number of carboxylic acid groups (broad SMARTS) is 3. The van der Waals surface area contributed by atoms with Gasteiger partial charge in [-0.25, -0.2) is 0 Å². The van der Waals surface area contributed by atoms with Crippen molar-refractivity contribution in [2.75, 3.05) is 19.6 Å². The van der Waals surface area contributed by atoms with Gasteiger partial charge in [0.05, 0.1) is 19.1 Å². The van der Waals surface area contributed by atoms with Crippen molar-refractivity contribution in [1.82, 2.24) is 4.90 Å². The van der Waals surface area contributed by atoms with Crippen LogP contribution in [0, 0.1) is 0 Å². The number of hydrogen-bond donors (Lipinski definition) is 5. The van der Waals surface area contributed by atoms with Crippen LogP contribution in [0.1, 0.15) is 18.9 Å². The Morgan fingerprint density at radius 1 is 1.04 bits per heavy atom. The maximum absolute atomic E-state index is 10.7. The molecule has 0 saturated carbocycles. The van der Waals surface area contributed by atoms with Gasteiger partial charge in [0.25, 0.3) is 0 Å². The zero-order valence-electron chi connectivity index (χ0n) is 14.6. The van der Waals surface area contributed by atoms with Gasteiger partial charge in [0.2, 0.25) is 0 Å². The molecule has 6 N–H and O–H groups in total. The molecule has 9 nitrogen and oxygen atoms in total. The first kappa shape index (κ1) is 23.5. The van der Waals surface area contributed by atoms with E-state index in [1.807, 2.05) is 30.3 Å². The summed E-state index contributed by atoms with van der Waals surface area (Å²) in [4.78, 5) is 32.7. The van der Waals surface area contributed by atoms with Crippen LogP contribution < -0.4 is 5.73 Å². The maximum atomic E-state index is 10.7. The van der Waals surface area contributed by atoms with Gasteiger partial charge in [0, 0.05) is 13.1 Å². The number of rotatable bonds is 10. The molecule has 0 amide bonds. The fourth-order valence-electron chi connectivity index (χ4n) is 1.85. The Hall–Kier alpha value is -2.49. The Bertz CT molecular complexity index is 563. The normalized spacial score (nSPS) is 12.6. The molecule has 26 heavy (non-hydrogen) atoms. The zero-order valence-corrected chi connectivity index (χ0v) is 14.6. The van der Waals surface area contributed by atoms with Gasteiger partial charge in [-0.15, -0.1) is 0 Å². The Labute approximate surface area is 151 Å². The first-order valence-corrected chi connectivity index (χ1v) is 7.99. The van der Waals surface area contributed by atoms with Crippen molar-refractivity contribution in [3.05, 3.63) is 35.9 Å². The summed E-state index contributed by atoms with van der Waals surface area (Å²) in [6, 6.07) is 8.55. The highest BCUT2D eigenvalue weighted by atomic mass is 16.4. The number of aliphatic hydroxyl groups excluding tert-OH is 1. The Kier molecular flexibility index (Phi) is 11.6. The molecule has 0 saturated heterocycles. The molecular weight excluding hydrogens is 344 g/mol. The molecule has 0 aliphatic rings. The predicted octanol–water partition coefficient (Wildman–Crippen LogP) is -0.130. The van der Waals surface area contributed by atoms with Gasteiger partial charge >= 0.3 is 17.9 Å². The minimum absolute atomic E-state index is 0.0396. The standard InChI is InChI=1S/C13H17NO4.C4H9NO3/c15-12(16)7-9-14(10-13(17)18)8-6-11-4-2-1-3-5-11;1-2(6)3(5)4(7)8/h1-5H,6-10H2,(H,15,16)(H,17,18);2-3,6H,5H2,1H3,(H,7,8)/t;2-,3+/m.1/s1. The fraction of sp³-hybridized carbons (Fsp3) is 0.471. The maximum Gasteiger partial charge on any atom is 0.323 e. The van der Waals surface area contributed by atoms with Crippen LogP contribution in [0.15, 0.2) is 30.3 Å². The van der Waals surface area contributed by atoms with E-state index in [9.17, 15) is 14.4 Å². The predicted molar refractivity (Wildman–Crippen MR) is 93.8 cm³/mol. The Balaban J connectivity index is 0.000000660. The van der Waals surface area contributed by atoms with Gasteiger partial charge in [0.1, 0.15) is 6.04 Å². The van der Waals surface area contributed by atoms with E-state index in [-0.39, 0.29) is 19.5 Å². The highest BCUT2D eigenvalue weighted by Gasteiger charge is 2.16. The van der Waals surface area contributed by atoms with E-state index in [1.165, 1.54) is 6.92 Å². The summed E-state index contributed by atoms with van der Waals surface area (Å²) in [5, 5.41) is 33.9. The molecule has 0 aromatic heterocycles. The smallest absolute Gasteiger partial charge is 0.323 e. The van der Waals surface area contributed by atoms with E-state index in [0.29, 0.717) is 13.0 Å². The summed E-state index contributed by atoms with van der Waals surface area (Å²) < 4.78 is 0. The molecule has 0 spiro atoms. The number of carbonyl (C=O) groups is 3. The third-order valence-corrected chi connectivity index (χ3v) is 3.37. The number of aliphatic carboxylic acids is 3. The molecule has 0 heterocycles. The zero-order chi connectivity index (χ0) is 20.1. The average Bonchev–Trinajstić information content (AvgIpc) is 2.57. The van der Waals surface area contributed by atoms with E-state index in [2.05, 4.69) is 0 Å². The molecule has 0 radical (unpaired) electrons. The van der Waals surface area contributed by atoms with Gasteiger partial charge in [-0.05, 0) is 18.9 Å². The van der Waals surface area contributed by atoms with Crippen molar-refractivity contribution in [2.45, 2.75) is 31.9 Å². The molecule has 1 aromatic rings. The molecule has 1 aromatic carbocycles. The van der Waals surface area contributed by atoms with Crippen LogP contribution in [-0.2, 0) is 20.8 Å². The molecule has 146 valence electrons. The average molecular weight is 370 g/mol. The number of carboxylic acids is 3. The monoisotopic (exact) mass is 370 g/mol. The highest BCUT2D eigenvalue weighted by Crippen LogP contribution is 2.02. The number of aliphatic hydroxyl groups is 1. The lowest BCUT2D eigenvalue weighted by Crippen LogP contribution is -2.39. The second-order valence-electron chi connectivity index (χ2n) is 5.65. The number of nitrogens with zero attached hydrogens (tertiary/aromatic N) is 1. The van der Waals surface area contributed by atoms with Gasteiger partial charge in [-0.3, -0.25) is 19.3 Å². The minimum Gasteiger partial charge on any atom is -0.481 e. The van der Waals surface area contributed by atoms with Crippen molar-refractivity contribution >= 4 is 17.9 Å². The molecule has 0 unspecified atom stereocenters. The highest BCUT2D eigenvalue weighted by molar-refractivity contribution is 5.73. The summed E-state index contributed by atoms with van der Waals surface area (Å²) in [6.45, 7) is 2.01. The molecule has 0 aliphatic heterocycles. The summed E-state index contributed by atoms with van der Waals surface area (Å²) in [7, 11) is 0. The van der Waals surface area contributed by atoms with Crippen LogP contribution in [-0.4, -0.2) is 75.0 Å². The van der Waals surface area contributed by atoms with Crippen molar-refractivity contribution < 1.29 is 34.8 Å². The second kappa shape index (κ2) is 12.8. The van der Waals surface area contributed by atoms with Crippen molar-refractivity contribution in [3.63, 3.8) is 0 Å². The minimum atomic E-state index is -1.18. The van der Waals surface area contributed by atoms with E-state index in [0.717, 1.165) is 5.56 Å². The number of benzene rings is 1. The van der Waals surface area contributed by atoms with Crippen LogP contribution in [0.3, 0.4) is 0 Å². The fourth-order valence-corrected chi connectivity index (χ4v) is 1.85. The molecule has 1 rings (SSSR count). The van der Waals surface area contributed by atoms with Gasteiger partial charge in [-0.1, -0.05) is 30.3 Å². The topological polar surface area (TPSA) is 161 Å². The van der Waals surface area contributed by atoms with Crippen LogP contribution in [0.25, 0.3) is 0 Å². The van der Waals surface area contributed by atoms with Crippen molar-refractivity contribution in [2.24, 2.45) is 5.73 Å². The van der Waals surface area contributed by atoms with Gasteiger partial charge in [0.15, 0.2) is 0 Å². The molecular formula is C17H26N2O7. The molecule has 9 heteroatoms. The van der Waals surface area contributed by atoms with Crippen LogP contribution in [0.4, 0.5) is 0 Å². The summed E-state index contributed by atoms with van der Waals surface area (Å²) in [6.07, 6.45) is -0.303. The van der Waals surface area contributed by atoms with E-state index >= 15 is 0 Å². The van der Waals surface area contributed by atoms with Crippen LogP contribution in [0.2, 0.25) is 0 Å². The molecule has 0 fully saturated rings. The summed E-state index contributed by atoms with van der Waals surface area (Å²) in [5.74, 6) is -3.03. The first-order valence-electron chi connectivity index (χ1n) is 7.99. The Morgan fingerprint density at radius 2 is 1.62 bits per heavy atom. The largest absolute Gasteiger partial charge is 0.481 e. The first-order chi connectivity index (χ1) is 12.1. The van der Waals surface area contributed by atoms with E-state index in [4.69, 9.17) is 26.2 Å². The quantitative estimate of drug-likeness (QED) is 0.378. The lowest BCUT2D eigenvalue weighted by atomic mass is 10.1. The van der Waals surface area contributed by atoms with Gasteiger partial charge < -0.3 is 26.2 Å². The van der Waals surface area contributed by atoms with Crippen LogP contribution in [0.5, 0.6) is 0 Å². The molecule has 2 atom stereocenters. The number of nitrogens with two attached hydrogens (primary N) is 1. The lowest BCUT2D eigenvalue weighted by Gasteiger charge is -2.19. The summed E-state index contributed by atoms with van der Waals surface area (Å²) in [5.41, 5.74) is 6.02. The number of hydrogen-bond acceptors (Lipinski definition) is 6. The van der Waals surface area contributed by atoms with Gasteiger partial charge in [-0.2, -0.15) is 0 Å². The van der Waals surface area contributed by atoms with Crippen molar-refractivity contribution in [3.8, 4) is 0 Å². The second-order valence-corrected chi connectivity index (χ2v) is 5.65. The van der Waals surface area contributed by atoms with Crippen LogP contribution >= 0.6 is 0 Å². The molecule has 0 aliphatic carbocycles. The van der Waals surface area contributed by atoms with E-state index in [1.54, 1.807) is 4.90 Å². The third-order valence-electron chi connectivity index (χ3n) is 3.37. The third kappa shape index (κ3) is 12.0. The Morgan fingerprint density at radius 3 is 2.00 bits per heavy atom. The SMILES string of the molecule is C[C@@H](O)[C@H](N)C(=O)O.O=C(O)CCN(CCc1ccccc1)CC(=O)O.